The first kappa shape index (κ1) is 13.1. The summed E-state index contributed by atoms with van der Waals surface area (Å²) in [4.78, 5) is 12.1. The molecule has 1 aromatic carbocycles. The van der Waals surface area contributed by atoms with Gasteiger partial charge in [0.05, 0.1) is 0 Å². The Morgan fingerprint density at radius 2 is 2.12 bits per heavy atom. The Bertz CT molecular complexity index is 416. The topological polar surface area (TPSA) is 29.1 Å². The number of hydrogen-bond acceptors (Lipinski definition) is 2. The summed E-state index contributed by atoms with van der Waals surface area (Å²) in [6, 6.07) is 5.69. The van der Waals surface area contributed by atoms with E-state index in [1.165, 1.54) is 0 Å². The number of rotatable bonds is 3. The van der Waals surface area contributed by atoms with Crippen LogP contribution >= 0.6 is 27.5 Å². The van der Waals surface area contributed by atoms with Crippen molar-refractivity contribution >= 4 is 33.3 Å². The van der Waals surface area contributed by atoms with Crippen LogP contribution in [0.2, 0.25) is 5.02 Å². The summed E-state index contributed by atoms with van der Waals surface area (Å²) in [7, 11) is 0. The van der Waals surface area contributed by atoms with Crippen molar-refractivity contribution in [3.8, 4) is 0 Å². The van der Waals surface area contributed by atoms with Gasteiger partial charge in [-0.05, 0) is 43.6 Å². The zero-order valence-electron chi connectivity index (χ0n) is 9.51. The Hall–Kier alpha value is -0.380. The third-order valence-electron chi connectivity index (χ3n) is 3.17. The first-order chi connectivity index (χ1) is 8.16. The summed E-state index contributed by atoms with van der Waals surface area (Å²) in [5.41, 5.74) is 0.929. The Labute approximate surface area is 115 Å². The molecule has 0 aliphatic carbocycles. The Balaban J connectivity index is 2.02. The number of nitrogens with one attached hydrogen (secondary N) is 1. The lowest BCUT2D eigenvalue weighted by Gasteiger charge is -2.21. The van der Waals surface area contributed by atoms with Gasteiger partial charge in [-0.3, -0.25) is 4.79 Å². The molecule has 92 valence electrons. The molecule has 1 N–H and O–H groups in total. The van der Waals surface area contributed by atoms with Gasteiger partial charge in [0.25, 0.3) is 0 Å². The van der Waals surface area contributed by atoms with Crippen LogP contribution in [0.1, 0.15) is 18.4 Å². The van der Waals surface area contributed by atoms with E-state index in [-0.39, 0.29) is 5.92 Å². The van der Waals surface area contributed by atoms with Crippen LogP contribution in [0.15, 0.2) is 22.7 Å². The summed E-state index contributed by atoms with van der Waals surface area (Å²) in [6.07, 6.45) is 2.36. The first-order valence-electron chi connectivity index (χ1n) is 5.84. The Kier molecular flexibility index (Phi) is 4.60. The van der Waals surface area contributed by atoms with Gasteiger partial charge in [0.1, 0.15) is 5.78 Å². The summed E-state index contributed by atoms with van der Waals surface area (Å²) in [5.74, 6) is 0.520. The van der Waals surface area contributed by atoms with Crippen molar-refractivity contribution < 1.29 is 4.79 Å². The van der Waals surface area contributed by atoms with Crippen LogP contribution in [0.4, 0.5) is 0 Å². The monoisotopic (exact) mass is 315 g/mol. The number of piperidine rings is 1. The van der Waals surface area contributed by atoms with Gasteiger partial charge < -0.3 is 5.32 Å². The van der Waals surface area contributed by atoms with Gasteiger partial charge in [-0.15, -0.1) is 0 Å². The molecule has 0 radical (unpaired) electrons. The molecule has 0 saturated carbocycles. The van der Waals surface area contributed by atoms with E-state index in [1.807, 2.05) is 18.2 Å². The molecule has 0 atom stereocenters. The summed E-state index contributed by atoms with van der Waals surface area (Å²) in [5, 5.41) is 3.94. The van der Waals surface area contributed by atoms with Crippen LogP contribution in [0, 0.1) is 5.92 Å². The second kappa shape index (κ2) is 5.98. The van der Waals surface area contributed by atoms with Crippen molar-refractivity contribution in [2.75, 3.05) is 13.1 Å². The molecule has 2 nitrogen and oxygen atoms in total. The molecule has 17 heavy (non-hydrogen) atoms. The minimum Gasteiger partial charge on any atom is -0.317 e. The number of ketones is 1. The molecule has 1 aromatic rings. The lowest BCUT2D eigenvalue weighted by molar-refractivity contribution is -0.122. The number of halogens is 2. The maximum absolute atomic E-state index is 12.1. The van der Waals surface area contributed by atoms with Gasteiger partial charge in [-0.25, -0.2) is 0 Å². The molecule has 1 fully saturated rings. The van der Waals surface area contributed by atoms with Crippen LogP contribution < -0.4 is 5.32 Å². The molecule has 0 bridgehead atoms. The molecular formula is C13H15BrClNO. The van der Waals surface area contributed by atoms with Gasteiger partial charge in [-0.2, -0.15) is 0 Å². The summed E-state index contributed by atoms with van der Waals surface area (Å²) < 4.78 is 0.945. The van der Waals surface area contributed by atoms with Crippen molar-refractivity contribution in [1.82, 2.24) is 5.32 Å². The van der Waals surface area contributed by atoms with Crippen LogP contribution in [-0.4, -0.2) is 18.9 Å². The number of carbonyl (C=O) groups is 1. The fraction of sp³-hybridized carbons (Fsp3) is 0.462. The zero-order chi connectivity index (χ0) is 12.3. The molecule has 0 amide bonds. The van der Waals surface area contributed by atoms with Crippen molar-refractivity contribution in [1.29, 1.82) is 0 Å². The minimum absolute atomic E-state index is 0.205. The van der Waals surface area contributed by atoms with Crippen LogP contribution in [0.25, 0.3) is 0 Å². The first-order valence-corrected chi connectivity index (χ1v) is 7.01. The highest BCUT2D eigenvalue weighted by molar-refractivity contribution is 9.10. The molecule has 1 heterocycles. The standard InChI is InChI=1S/C13H15BrClNO/c14-11-2-1-10(12(15)8-11)7-13(17)9-3-5-16-6-4-9/h1-2,8-9,16H,3-7H2. The highest BCUT2D eigenvalue weighted by atomic mass is 79.9. The molecule has 0 unspecified atom stereocenters. The van der Waals surface area contributed by atoms with Crippen molar-refractivity contribution in [2.24, 2.45) is 5.92 Å². The molecule has 1 aliphatic heterocycles. The average Bonchev–Trinajstić information content (AvgIpc) is 2.34. The number of Topliss-reactive ketones (excluding diaryl/α,β-unsaturated/α-hetero) is 1. The Morgan fingerprint density at radius 3 is 2.76 bits per heavy atom. The van der Waals surface area contributed by atoms with E-state index >= 15 is 0 Å². The van der Waals surface area contributed by atoms with Gasteiger partial charge in [0, 0.05) is 21.8 Å². The van der Waals surface area contributed by atoms with Crippen molar-refractivity contribution in [3.05, 3.63) is 33.3 Å². The maximum Gasteiger partial charge on any atom is 0.140 e. The zero-order valence-corrected chi connectivity index (χ0v) is 11.9. The van der Waals surface area contributed by atoms with E-state index in [9.17, 15) is 4.79 Å². The van der Waals surface area contributed by atoms with E-state index in [1.54, 1.807) is 0 Å². The highest BCUT2D eigenvalue weighted by Crippen LogP contribution is 2.24. The lowest BCUT2D eigenvalue weighted by Crippen LogP contribution is -2.32. The van der Waals surface area contributed by atoms with Gasteiger partial charge in [-0.1, -0.05) is 33.6 Å². The van der Waals surface area contributed by atoms with E-state index in [2.05, 4.69) is 21.2 Å². The SMILES string of the molecule is O=C(Cc1ccc(Br)cc1Cl)C1CCNCC1. The van der Waals surface area contributed by atoms with Gasteiger partial charge >= 0.3 is 0 Å². The van der Waals surface area contributed by atoms with E-state index in [4.69, 9.17) is 11.6 Å². The smallest absolute Gasteiger partial charge is 0.140 e. The molecule has 1 saturated heterocycles. The number of benzene rings is 1. The minimum atomic E-state index is 0.205. The third kappa shape index (κ3) is 3.54. The van der Waals surface area contributed by atoms with Crippen LogP contribution in [0.5, 0.6) is 0 Å². The molecule has 0 spiro atoms. The third-order valence-corrected chi connectivity index (χ3v) is 4.02. The second-order valence-electron chi connectivity index (χ2n) is 4.40. The molecule has 0 aromatic heterocycles. The largest absolute Gasteiger partial charge is 0.317 e. The average molecular weight is 317 g/mol. The van der Waals surface area contributed by atoms with Gasteiger partial charge in [0.15, 0.2) is 0 Å². The number of carbonyl (C=O) groups excluding carboxylic acids is 1. The normalized spacial score (nSPS) is 17.1. The maximum atomic E-state index is 12.1. The predicted octanol–water partition coefficient (Wildman–Crippen LogP) is 3.21. The number of hydrogen-bond donors (Lipinski definition) is 1. The second-order valence-corrected chi connectivity index (χ2v) is 5.73. The van der Waals surface area contributed by atoms with Gasteiger partial charge in [0.2, 0.25) is 0 Å². The fourth-order valence-electron chi connectivity index (χ4n) is 2.14. The summed E-state index contributed by atoms with van der Waals surface area (Å²) in [6.45, 7) is 1.90. The molecule has 2 rings (SSSR count). The highest BCUT2D eigenvalue weighted by Gasteiger charge is 2.21. The molecule has 4 heteroatoms. The van der Waals surface area contributed by atoms with Crippen molar-refractivity contribution in [2.45, 2.75) is 19.3 Å². The molecular weight excluding hydrogens is 302 g/mol. The van der Waals surface area contributed by atoms with E-state index in [0.717, 1.165) is 36.0 Å². The quantitative estimate of drug-likeness (QED) is 0.928. The summed E-state index contributed by atoms with van der Waals surface area (Å²) >= 11 is 9.48. The van der Waals surface area contributed by atoms with Crippen LogP contribution in [-0.2, 0) is 11.2 Å². The lowest BCUT2D eigenvalue weighted by atomic mass is 9.90. The Morgan fingerprint density at radius 1 is 1.41 bits per heavy atom. The predicted molar refractivity (Wildman–Crippen MR) is 73.5 cm³/mol. The molecule has 1 aliphatic rings. The van der Waals surface area contributed by atoms with E-state index < -0.39 is 0 Å². The fourth-order valence-corrected chi connectivity index (χ4v) is 2.88. The van der Waals surface area contributed by atoms with E-state index in [0.29, 0.717) is 17.2 Å². The van der Waals surface area contributed by atoms with Crippen LogP contribution in [0.3, 0.4) is 0 Å². The van der Waals surface area contributed by atoms with Crippen molar-refractivity contribution in [3.63, 3.8) is 0 Å².